The number of carbonyl (C=O) groups is 2. The SMILES string of the molecule is CCOC(=O)c1nn(-c2cccc(OC)c2)c(=O)c2c(NC(=O)c3ccccc3F)scc12. The summed E-state index contributed by atoms with van der Waals surface area (Å²) < 4.78 is 25.4. The molecule has 33 heavy (non-hydrogen) atoms. The highest BCUT2D eigenvalue weighted by molar-refractivity contribution is 7.16. The molecule has 0 radical (unpaired) electrons. The van der Waals surface area contributed by atoms with Crippen LogP contribution in [0.5, 0.6) is 5.75 Å². The monoisotopic (exact) mass is 467 g/mol. The van der Waals surface area contributed by atoms with Gasteiger partial charge in [0.15, 0.2) is 5.69 Å². The van der Waals surface area contributed by atoms with Gasteiger partial charge in [-0.05, 0) is 31.2 Å². The van der Waals surface area contributed by atoms with Crippen LogP contribution in [0.2, 0.25) is 0 Å². The molecule has 0 unspecified atom stereocenters. The average Bonchev–Trinajstić information content (AvgIpc) is 3.23. The van der Waals surface area contributed by atoms with Crippen LogP contribution < -0.4 is 15.6 Å². The number of anilines is 1. The Morgan fingerprint density at radius 3 is 2.70 bits per heavy atom. The summed E-state index contributed by atoms with van der Waals surface area (Å²) in [6.07, 6.45) is 0. The molecule has 0 saturated carbocycles. The van der Waals surface area contributed by atoms with Gasteiger partial charge in [0, 0.05) is 16.8 Å². The van der Waals surface area contributed by atoms with Gasteiger partial charge in [-0.3, -0.25) is 9.59 Å². The molecule has 8 nitrogen and oxygen atoms in total. The summed E-state index contributed by atoms with van der Waals surface area (Å²) in [6.45, 7) is 1.77. The lowest BCUT2D eigenvalue weighted by atomic mass is 10.2. The first kappa shape index (κ1) is 22.2. The molecule has 0 aliphatic rings. The zero-order valence-corrected chi connectivity index (χ0v) is 18.4. The molecule has 2 aromatic carbocycles. The first-order valence-corrected chi connectivity index (χ1v) is 10.7. The highest BCUT2D eigenvalue weighted by Crippen LogP contribution is 2.31. The Morgan fingerprint density at radius 1 is 1.18 bits per heavy atom. The lowest BCUT2D eigenvalue weighted by Crippen LogP contribution is -2.25. The number of benzene rings is 2. The van der Waals surface area contributed by atoms with Crippen molar-refractivity contribution in [1.82, 2.24) is 9.78 Å². The van der Waals surface area contributed by atoms with Crippen molar-refractivity contribution in [3.05, 3.63) is 81.3 Å². The zero-order chi connectivity index (χ0) is 23.5. The molecule has 2 heterocycles. The van der Waals surface area contributed by atoms with Crippen LogP contribution in [0.4, 0.5) is 9.39 Å². The highest BCUT2D eigenvalue weighted by atomic mass is 32.1. The number of ether oxygens (including phenoxy) is 2. The Kier molecular flexibility index (Phi) is 6.18. The van der Waals surface area contributed by atoms with E-state index < -0.39 is 23.3 Å². The maximum atomic E-state index is 14.1. The highest BCUT2D eigenvalue weighted by Gasteiger charge is 2.24. The van der Waals surface area contributed by atoms with Gasteiger partial charge in [-0.1, -0.05) is 18.2 Å². The molecule has 0 spiro atoms. The van der Waals surface area contributed by atoms with E-state index in [2.05, 4.69) is 10.4 Å². The minimum Gasteiger partial charge on any atom is -0.497 e. The average molecular weight is 467 g/mol. The van der Waals surface area contributed by atoms with Gasteiger partial charge in [0.2, 0.25) is 0 Å². The van der Waals surface area contributed by atoms with Crippen molar-refractivity contribution in [2.24, 2.45) is 0 Å². The number of methoxy groups -OCH3 is 1. The van der Waals surface area contributed by atoms with Crippen molar-refractivity contribution >= 4 is 39.0 Å². The Hall–Kier alpha value is -4.05. The summed E-state index contributed by atoms with van der Waals surface area (Å²) >= 11 is 1.03. The van der Waals surface area contributed by atoms with E-state index >= 15 is 0 Å². The molecule has 168 valence electrons. The fraction of sp³-hybridized carbons (Fsp3) is 0.130. The quantitative estimate of drug-likeness (QED) is 0.430. The molecule has 0 aliphatic carbocycles. The van der Waals surface area contributed by atoms with E-state index in [9.17, 15) is 18.8 Å². The predicted molar refractivity (Wildman–Crippen MR) is 122 cm³/mol. The molecule has 1 N–H and O–H groups in total. The summed E-state index contributed by atoms with van der Waals surface area (Å²) in [5.41, 5.74) is -0.482. The first-order valence-electron chi connectivity index (χ1n) is 9.86. The van der Waals surface area contributed by atoms with Gasteiger partial charge in [0.1, 0.15) is 16.6 Å². The van der Waals surface area contributed by atoms with Crippen molar-refractivity contribution in [3.8, 4) is 11.4 Å². The first-order chi connectivity index (χ1) is 15.9. The van der Waals surface area contributed by atoms with Crippen molar-refractivity contribution in [2.75, 3.05) is 19.0 Å². The third kappa shape index (κ3) is 4.20. The summed E-state index contributed by atoms with van der Waals surface area (Å²) in [5.74, 6) is -1.65. The van der Waals surface area contributed by atoms with Gasteiger partial charge < -0.3 is 14.8 Å². The van der Waals surface area contributed by atoms with Crippen LogP contribution in [-0.2, 0) is 4.74 Å². The number of fused-ring (bicyclic) bond motifs is 1. The fourth-order valence-electron chi connectivity index (χ4n) is 3.22. The van der Waals surface area contributed by atoms with Crippen LogP contribution in [0, 0.1) is 5.82 Å². The molecule has 2 aromatic heterocycles. The second-order valence-corrected chi connectivity index (χ2v) is 7.65. The number of nitrogens with zero attached hydrogens (tertiary/aromatic N) is 2. The second-order valence-electron chi connectivity index (χ2n) is 6.77. The maximum absolute atomic E-state index is 14.1. The maximum Gasteiger partial charge on any atom is 0.359 e. The minimum absolute atomic E-state index is 0.0607. The molecular formula is C23H18FN3O5S. The number of nitrogens with one attached hydrogen (secondary N) is 1. The molecule has 4 rings (SSSR count). The van der Waals surface area contributed by atoms with Gasteiger partial charge >= 0.3 is 5.97 Å². The predicted octanol–water partition coefficient (Wildman–Crippen LogP) is 4.02. The van der Waals surface area contributed by atoms with E-state index in [0.717, 1.165) is 16.0 Å². The van der Waals surface area contributed by atoms with Crippen LogP contribution in [0.25, 0.3) is 16.5 Å². The van der Waals surface area contributed by atoms with Crippen molar-refractivity contribution < 1.29 is 23.5 Å². The Bertz CT molecular complexity index is 1430. The van der Waals surface area contributed by atoms with Crippen molar-refractivity contribution in [1.29, 1.82) is 0 Å². The zero-order valence-electron chi connectivity index (χ0n) is 17.6. The van der Waals surface area contributed by atoms with E-state index in [1.54, 1.807) is 31.2 Å². The Balaban J connectivity index is 1.90. The third-order valence-electron chi connectivity index (χ3n) is 4.76. The number of halogens is 1. The summed E-state index contributed by atoms with van der Waals surface area (Å²) in [6, 6.07) is 12.1. The van der Waals surface area contributed by atoms with Gasteiger partial charge in [-0.15, -0.1) is 11.3 Å². The van der Waals surface area contributed by atoms with Crippen molar-refractivity contribution in [2.45, 2.75) is 6.92 Å². The summed E-state index contributed by atoms with van der Waals surface area (Å²) in [7, 11) is 1.48. The number of carbonyl (C=O) groups excluding carboxylic acids is 2. The van der Waals surface area contributed by atoms with Gasteiger partial charge in [0.05, 0.1) is 30.4 Å². The smallest absolute Gasteiger partial charge is 0.359 e. The third-order valence-corrected chi connectivity index (χ3v) is 5.66. The van der Waals surface area contributed by atoms with E-state index in [4.69, 9.17) is 9.47 Å². The van der Waals surface area contributed by atoms with Crippen LogP contribution in [0.1, 0.15) is 27.8 Å². The fourth-order valence-corrected chi connectivity index (χ4v) is 4.16. The van der Waals surface area contributed by atoms with Gasteiger partial charge in [-0.2, -0.15) is 9.78 Å². The molecule has 4 aromatic rings. The number of amides is 1. The Labute approximate surface area is 191 Å². The number of esters is 1. The second kappa shape index (κ2) is 9.21. The molecule has 0 bridgehead atoms. The standard InChI is InChI=1S/C23H18FN3O5S/c1-3-32-23(30)19-16-12-33-21(25-20(28)15-9-4-5-10-17(15)24)18(16)22(29)27(26-19)13-7-6-8-14(11-13)31-2/h4-12H,3H2,1-2H3,(H,25,28). The molecule has 0 fully saturated rings. The normalized spacial score (nSPS) is 10.8. The summed E-state index contributed by atoms with van der Waals surface area (Å²) in [5, 5.41) is 8.80. The van der Waals surface area contributed by atoms with Crippen molar-refractivity contribution in [3.63, 3.8) is 0 Å². The van der Waals surface area contributed by atoms with E-state index in [1.165, 1.54) is 36.8 Å². The van der Waals surface area contributed by atoms with Gasteiger partial charge in [-0.25, -0.2) is 9.18 Å². The number of rotatable bonds is 6. The lowest BCUT2D eigenvalue weighted by molar-refractivity contribution is 0.0520. The molecule has 0 aliphatic heterocycles. The minimum atomic E-state index is -0.723. The van der Waals surface area contributed by atoms with Crippen LogP contribution in [0.3, 0.4) is 0 Å². The van der Waals surface area contributed by atoms with E-state index in [0.29, 0.717) is 11.4 Å². The lowest BCUT2D eigenvalue weighted by Gasteiger charge is -2.11. The molecular weight excluding hydrogens is 449 g/mol. The molecule has 1 amide bonds. The topological polar surface area (TPSA) is 99.5 Å². The van der Waals surface area contributed by atoms with Crippen LogP contribution >= 0.6 is 11.3 Å². The van der Waals surface area contributed by atoms with Gasteiger partial charge in [0.25, 0.3) is 11.5 Å². The number of hydrogen-bond acceptors (Lipinski definition) is 7. The number of hydrogen-bond donors (Lipinski definition) is 1. The van der Waals surface area contributed by atoms with E-state index in [-0.39, 0.29) is 33.6 Å². The Morgan fingerprint density at radius 2 is 1.97 bits per heavy atom. The molecule has 0 atom stereocenters. The summed E-state index contributed by atoms with van der Waals surface area (Å²) in [4.78, 5) is 38.7. The van der Waals surface area contributed by atoms with Crippen LogP contribution in [-0.4, -0.2) is 35.4 Å². The number of aromatic nitrogens is 2. The largest absolute Gasteiger partial charge is 0.497 e. The van der Waals surface area contributed by atoms with E-state index in [1.807, 2.05) is 0 Å². The van der Waals surface area contributed by atoms with Crippen LogP contribution in [0.15, 0.2) is 58.7 Å². The molecule has 0 saturated heterocycles. The molecule has 10 heteroatoms. The number of thiophene rings is 1.